The van der Waals surface area contributed by atoms with Gasteiger partial charge in [0.2, 0.25) is 0 Å². The van der Waals surface area contributed by atoms with Crippen molar-refractivity contribution < 1.29 is 22.7 Å². The van der Waals surface area contributed by atoms with Crippen LogP contribution in [0.2, 0.25) is 0 Å². The summed E-state index contributed by atoms with van der Waals surface area (Å²) in [7, 11) is -0.907. The quantitative estimate of drug-likeness (QED) is 0.322. The van der Waals surface area contributed by atoms with E-state index < -0.39 is 22.5 Å². The standard InChI is InChI=1S/C27H31N3O5S/c1-6-24(21-12-15-25(34-4)26(17-21)35-5)28-29-27(31)18-30(22-9-7-8-20(3)16-22)36(32,33)23-13-10-19(2)11-14-23/h7-17H,6,18H2,1-5H3,(H,29,31)/b28-24-. The third kappa shape index (κ3) is 6.23. The number of carbonyl (C=O) groups excluding carboxylic acids is 1. The van der Waals surface area contributed by atoms with E-state index in [0.29, 0.717) is 29.3 Å². The zero-order valence-electron chi connectivity index (χ0n) is 21.1. The molecule has 0 saturated heterocycles. The molecule has 3 aromatic carbocycles. The first kappa shape index (κ1) is 26.7. The second kappa shape index (κ2) is 11.7. The number of rotatable bonds is 10. The van der Waals surface area contributed by atoms with Crippen molar-refractivity contribution in [2.45, 2.75) is 32.1 Å². The first-order valence-electron chi connectivity index (χ1n) is 11.4. The summed E-state index contributed by atoms with van der Waals surface area (Å²) in [6, 6.07) is 18.9. The van der Waals surface area contributed by atoms with E-state index in [0.717, 1.165) is 21.0 Å². The highest BCUT2D eigenvalue weighted by Gasteiger charge is 2.27. The fraction of sp³-hybridized carbons (Fsp3) is 0.259. The van der Waals surface area contributed by atoms with Crippen molar-refractivity contribution in [3.05, 3.63) is 83.4 Å². The molecule has 190 valence electrons. The van der Waals surface area contributed by atoms with Gasteiger partial charge >= 0.3 is 0 Å². The van der Waals surface area contributed by atoms with Crippen LogP contribution in [0.5, 0.6) is 11.5 Å². The molecule has 0 fully saturated rings. The monoisotopic (exact) mass is 509 g/mol. The van der Waals surface area contributed by atoms with E-state index in [9.17, 15) is 13.2 Å². The number of methoxy groups -OCH3 is 2. The van der Waals surface area contributed by atoms with Crippen LogP contribution in [-0.2, 0) is 14.8 Å². The Kier molecular flexibility index (Phi) is 8.71. The molecule has 1 amide bonds. The Bertz CT molecular complexity index is 1350. The van der Waals surface area contributed by atoms with Gasteiger partial charge < -0.3 is 9.47 Å². The molecule has 0 radical (unpaired) electrons. The molecule has 3 aromatic rings. The van der Waals surface area contributed by atoms with Gasteiger partial charge in [-0.05, 0) is 68.3 Å². The number of hydrogen-bond donors (Lipinski definition) is 1. The van der Waals surface area contributed by atoms with Crippen LogP contribution >= 0.6 is 0 Å². The Balaban J connectivity index is 1.89. The smallest absolute Gasteiger partial charge is 0.264 e. The second-order valence-corrected chi connectivity index (χ2v) is 10.0. The molecule has 9 heteroatoms. The third-order valence-corrected chi connectivity index (χ3v) is 7.34. The molecule has 0 aliphatic carbocycles. The lowest BCUT2D eigenvalue weighted by atomic mass is 10.1. The number of benzene rings is 3. The van der Waals surface area contributed by atoms with Crippen LogP contribution in [0, 0.1) is 13.8 Å². The van der Waals surface area contributed by atoms with E-state index in [1.807, 2.05) is 32.9 Å². The first-order chi connectivity index (χ1) is 17.2. The fourth-order valence-electron chi connectivity index (χ4n) is 3.59. The summed E-state index contributed by atoms with van der Waals surface area (Å²) < 4.78 is 38.8. The minimum absolute atomic E-state index is 0.102. The molecule has 0 spiro atoms. The highest BCUT2D eigenvalue weighted by Crippen LogP contribution is 2.28. The summed E-state index contributed by atoms with van der Waals surface area (Å²) in [4.78, 5) is 13.1. The molecule has 0 aromatic heterocycles. The summed E-state index contributed by atoms with van der Waals surface area (Å²) in [5, 5.41) is 4.27. The van der Waals surface area contributed by atoms with Crippen LogP contribution in [0.1, 0.15) is 30.0 Å². The molecular weight excluding hydrogens is 478 g/mol. The van der Waals surface area contributed by atoms with Crippen molar-refractivity contribution in [1.29, 1.82) is 0 Å². The molecule has 1 N–H and O–H groups in total. The second-order valence-electron chi connectivity index (χ2n) is 8.18. The van der Waals surface area contributed by atoms with E-state index in [2.05, 4.69) is 10.5 Å². The molecule has 36 heavy (non-hydrogen) atoms. The van der Waals surface area contributed by atoms with Crippen molar-refractivity contribution in [3.8, 4) is 11.5 Å². The summed E-state index contributed by atoms with van der Waals surface area (Å²) >= 11 is 0. The average molecular weight is 510 g/mol. The van der Waals surface area contributed by atoms with Gasteiger partial charge in [-0.25, -0.2) is 13.8 Å². The minimum Gasteiger partial charge on any atom is -0.493 e. The highest BCUT2D eigenvalue weighted by molar-refractivity contribution is 7.92. The Morgan fingerprint density at radius 3 is 2.22 bits per heavy atom. The highest BCUT2D eigenvalue weighted by atomic mass is 32.2. The zero-order valence-corrected chi connectivity index (χ0v) is 21.9. The number of ether oxygens (including phenoxy) is 2. The summed E-state index contributed by atoms with van der Waals surface area (Å²) in [6.45, 7) is 5.21. The van der Waals surface area contributed by atoms with Crippen molar-refractivity contribution in [1.82, 2.24) is 5.43 Å². The van der Waals surface area contributed by atoms with Crippen molar-refractivity contribution in [2.75, 3.05) is 25.1 Å². The number of amides is 1. The van der Waals surface area contributed by atoms with Gasteiger partial charge in [-0.2, -0.15) is 5.10 Å². The number of anilines is 1. The lowest BCUT2D eigenvalue weighted by Crippen LogP contribution is -2.39. The summed E-state index contributed by atoms with van der Waals surface area (Å²) in [5.74, 6) is 0.548. The van der Waals surface area contributed by atoms with E-state index in [1.54, 1.807) is 56.7 Å². The molecule has 3 rings (SSSR count). The van der Waals surface area contributed by atoms with Gasteiger partial charge in [0.15, 0.2) is 11.5 Å². The molecule has 0 saturated carbocycles. The molecule has 0 bridgehead atoms. The average Bonchev–Trinajstić information content (AvgIpc) is 2.87. The van der Waals surface area contributed by atoms with Crippen molar-refractivity contribution in [2.24, 2.45) is 5.10 Å². The largest absolute Gasteiger partial charge is 0.493 e. The Morgan fingerprint density at radius 1 is 0.917 bits per heavy atom. The zero-order chi connectivity index (χ0) is 26.3. The first-order valence-corrected chi connectivity index (χ1v) is 12.9. The van der Waals surface area contributed by atoms with Crippen molar-refractivity contribution >= 4 is 27.3 Å². The van der Waals surface area contributed by atoms with E-state index in [1.165, 1.54) is 12.1 Å². The van der Waals surface area contributed by atoms with E-state index >= 15 is 0 Å². The van der Waals surface area contributed by atoms with Gasteiger partial charge in [0.25, 0.3) is 15.9 Å². The molecule has 8 nitrogen and oxygen atoms in total. The Labute approximate surface area is 212 Å². The minimum atomic E-state index is -4.00. The molecule has 0 atom stereocenters. The Hall–Kier alpha value is -3.85. The van der Waals surface area contributed by atoms with Crippen molar-refractivity contribution in [3.63, 3.8) is 0 Å². The SMILES string of the molecule is CC/C(=N/NC(=O)CN(c1cccc(C)c1)S(=O)(=O)c1ccc(C)cc1)c1ccc(OC)c(OC)c1. The van der Waals surface area contributed by atoms with Gasteiger partial charge in [0.1, 0.15) is 6.54 Å². The van der Waals surface area contributed by atoms with Gasteiger partial charge in [0, 0.05) is 5.56 Å². The van der Waals surface area contributed by atoms with Crippen LogP contribution < -0.4 is 19.2 Å². The topological polar surface area (TPSA) is 97.3 Å². The fourth-order valence-corrected chi connectivity index (χ4v) is 5.01. The van der Waals surface area contributed by atoms with E-state index in [4.69, 9.17) is 9.47 Å². The van der Waals surface area contributed by atoms with Gasteiger partial charge in [-0.15, -0.1) is 0 Å². The van der Waals surface area contributed by atoms with Crippen LogP contribution in [0.15, 0.2) is 76.7 Å². The molecule has 0 aliphatic heterocycles. The normalized spacial score (nSPS) is 11.6. The predicted octanol–water partition coefficient (Wildman–Crippen LogP) is 4.45. The third-order valence-electron chi connectivity index (χ3n) is 5.55. The summed E-state index contributed by atoms with van der Waals surface area (Å²) in [6.07, 6.45) is 0.527. The van der Waals surface area contributed by atoms with Gasteiger partial charge in [0.05, 0.1) is 30.5 Å². The molecule has 0 aliphatic rings. The lowest BCUT2D eigenvalue weighted by Gasteiger charge is -2.24. The Morgan fingerprint density at radius 2 is 1.61 bits per heavy atom. The summed E-state index contributed by atoms with van der Waals surface area (Å²) in [5.41, 5.74) is 6.07. The number of nitrogens with zero attached hydrogens (tertiary/aromatic N) is 2. The maximum atomic E-state index is 13.5. The lowest BCUT2D eigenvalue weighted by molar-refractivity contribution is -0.119. The maximum Gasteiger partial charge on any atom is 0.264 e. The number of carbonyl (C=O) groups is 1. The van der Waals surface area contributed by atoms with Gasteiger partial charge in [-0.3, -0.25) is 9.10 Å². The van der Waals surface area contributed by atoms with Crippen LogP contribution in [0.3, 0.4) is 0 Å². The maximum absolute atomic E-state index is 13.5. The van der Waals surface area contributed by atoms with E-state index in [-0.39, 0.29) is 4.90 Å². The number of aryl methyl sites for hydroxylation is 2. The number of hydrogen-bond acceptors (Lipinski definition) is 6. The number of nitrogens with one attached hydrogen (secondary N) is 1. The molecule has 0 heterocycles. The predicted molar refractivity (Wildman–Crippen MR) is 141 cm³/mol. The molecular formula is C27H31N3O5S. The van der Waals surface area contributed by atoms with Crippen LogP contribution in [0.25, 0.3) is 0 Å². The number of hydrazone groups is 1. The van der Waals surface area contributed by atoms with Crippen LogP contribution in [-0.4, -0.2) is 40.8 Å². The number of sulfonamides is 1. The van der Waals surface area contributed by atoms with Crippen LogP contribution in [0.4, 0.5) is 5.69 Å². The van der Waals surface area contributed by atoms with Gasteiger partial charge in [-0.1, -0.05) is 36.8 Å². The molecule has 0 unspecified atom stereocenters.